The Labute approximate surface area is 123 Å². The molecule has 0 radical (unpaired) electrons. The van der Waals surface area contributed by atoms with Gasteiger partial charge in [-0.15, -0.1) is 0 Å². The van der Waals surface area contributed by atoms with Gasteiger partial charge in [0.05, 0.1) is 25.3 Å². The highest BCUT2D eigenvalue weighted by atomic mass is 16.5. The molecule has 2 amide bonds. The predicted molar refractivity (Wildman–Crippen MR) is 76.9 cm³/mol. The molecule has 0 spiro atoms. The van der Waals surface area contributed by atoms with Crippen LogP contribution in [0.1, 0.15) is 24.9 Å². The van der Waals surface area contributed by atoms with Crippen LogP contribution in [0, 0.1) is 5.92 Å². The third-order valence-corrected chi connectivity index (χ3v) is 3.63. The number of ether oxygens (including phenoxy) is 1. The highest BCUT2D eigenvalue weighted by Gasteiger charge is 2.35. The van der Waals surface area contributed by atoms with Crippen molar-refractivity contribution < 1.29 is 19.4 Å². The molecule has 114 valence electrons. The first kappa shape index (κ1) is 15.3. The van der Waals surface area contributed by atoms with Gasteiger partial charge in [-0.05, 0) is 12.0 Å². The topological polar surface area (TPSA) is 87.7 Å². The molecule has 1 aromatic rings. The SMILES string of the molecule is CCC(NC(=O)NC1COCC1C(=O)O)c1ccccc1. The van der Waals surface area contributed by atoms with Crippen LogP contribution < -0.4 is 10.6 Å². The number of aliphatic carboxylic acids is 1. The number of rotatable bonds is 5. The number of hydrogen-bond donors (Lipinski definition) is 3. The van der Waals surface area contributed by atoms with Crippen LogP contribution in [0.25, 0.3) is 0 Å². The van der Waals surface area contributed by atoms with Crippen LogP contribution >= 0.6 is 0 Å². The van der Waals surface area contributed by atoms with Gasteiger partial charge < -0.3 is 20.5 Å². The minimum atomic E-state index is -0.951. The lowest BCUT2D eigenvalue weighted by Crippen LogP contribution is -2.48. The van der Waals surface area contributed by atoms with Crippen LogP contribution in [-0.2, 0) is 9.53 Å². The lowest BCUT2D eigenvalue weighted by Gasteiger charge is -2.21. The van der Waals surface area contributed by atoms with E-state index in [0.29, 0.717) is 0 Å². The molecule has 6 heteroatoms. The van der Waals surface area contributed by atoms with Crippen LogP contribution in [0.15, 0.2) is 30.3 Å². The van der Waals surface area contributed by atoms with E-state index in [9.17, 15) is 9.59 Å². The van der Waals surface area contributed by atoms with Crippen molar-refractivity contribution >= 4 is 12.0 Å². The van der Waals surface area contributed by atoms with Crippen molar-refractivity contribution in [1.29, 1.82) is 0 Å². The quantitative estimate of drug-likeness (QED) is 0.768. The summed E-state index contributed by atoms with van der Waals surface area (Å²) in [6.45, 7) is 2.35. The van der Waals surface area contributed by atoms with Gasteiger partial charge in [0, 0.05) is 0 Å². The molecular formula is C15H20N2O4. The lowest BCUT2D eigenvalue weighted by atomic mass is 10.0. The van der Waals surface area contributed by atoms with Crippen LogP contribution in [0.5, 0.6) is 0 Å². The van der Waals surface area contributed by atoms with Crippen molar-refractivity contribution in [2.24, 2.45) is 5.92 Å². The first-order valence-electron chi connectivity index (χ1n) is 7.04. The molecule has 3 N–H and O–H groups in total. The molecule has 0 aromatic heterocycles. The fourth-order valence-electron chi connectivity index (χ4n) is 2.41. The fourth-order valence-corrected chi connectivity index (χ4v) is 2.41. The van der Waals surface area contributed by atoms with E-state index < -0.39 is 17.9 Å². The van der Waals surface area contributed by atoms with Crippen molar-refractivity contribution in [2.45, 2.75) is 25.4 Å². The number of hydrogen-bond acceptors (Lipinski definition) is 3. The van der Waals surface area contributed by atoms with Gasteiger partial charge >= 0.3 is 12.0 Å². The number of carboxylic acids is 1. The zero-order chi connectivity index (χ0) is 15.2. The van der Waals surface area contributed by atoms with Crippen LogP contribution in [0.3, 0.4) is 0 Å². The van der Waals surface area contributed by atoms with Gasteiger partial charge in [-0.2, -0.15) is 0 Å². The second-order valence-corrected chi connectivity index (χ2v) is 5.08. The summed E-state index contributed by atoms with van der Waals surface area (Å²) >= 11 is 0. The lowest BCUT2D eigenvalue weighted by molar-refractivity contribution is -0.142. The van der Waals surface area contributed by atoms with Gasteiger partial charge in [-0.25, -0.2) is 4.79 Å². The molecule has 0 aliphatic carbocycles. The van der Waals surface area contributed by atoms with Crippen LogP contribution in [-0.4, -0.2) is 36.4 Å². The third kappa shape index (κ3) is 3.95. The van der Waals surface area contributed by atoms with Crippen LogP contribution in [0.2, 0.25) is 0 Å². The maximum atomic E-state index is 12.0. The summed E-state index contributed by atoms with van der Waals surface area (Å²) < 4.78 is 5.12. The normalized spacial score (nSPS) is 22.5. The molecule has 6 nitrogen and oxygen atoms in total. The summed E-state index contributed by atoms with van der Waals surface area (Å²) in [6, 6.07) is 8.70. The molecule has 21 heavy (non-hydrogen) atoms. The van der Waals surface area contributed by atoms with E-state index in [-0.39, 0.29) is 25.3 Å². The van der Waals surface area contributed by atoms with Gasteiger partial charge in [0.1, 0.15) is 5.92 Å². The van der Waals surface area contributed by atoms with E-state index >= 15 is 0 Å². The number of nitrogens with one attached hydrogen (secondary N) is 2. The summed E-state index contributed by atoms with van der Waals surface area (Å²) in [5.41, 5.74) is 1.02. The molecule has 1 heterocycles. The average molecular weight is 292 g/mol. The van der Waals surface area contributed by atoms with E-state index in [2.05, 4.69) is 10.6 Å². The Kier molecular flexibility index (Phi) is 5.16. The van der Waals surface area contributed by atoms with Gasteiger partial charge in [-0.1, -0.05) is 37.3 Å². The number of carbonyl (C=O) groups excluding carboxylic acids is 1. The number of amides is 2. The molecule has 1 aromatic carbocycles. The summed E-state index contributed by atoms with van der Waals surface area (Å²) in [4.78, 5) is 23.1. The Balaban J connectivity index is 1.93. The molecule has 2 rings (SSSR count). The van der Waals surface area contributed by atoms with E-state index in [1.807, 2.05) is 37.3 Å². The second-order valence-electron chi connectivity index (χ2n) is 5.08. The van der Waals surface area contributed by atoms with Gasteiger partial charge in [-0.3, -0.25) is 4.79 Å². The molecule has 1 fully saturated rings. The van der Waals surface area contributed by atoms with Crippen molar-refractivity contribution in [1.82, 2.24) is 10.6 Å². The third-order valence-electron chi connectivity index (χ3n) is 3.63. The molecule has 1 saturated heterocycles. The summed E-state index contributed by atoms with van der Waals surface area (Å²) in [5, 5.41) is 14.6. The molecule has 3 atom stereocenters. The summed E-state index contributed by atoms with van der Waals surface area (Å²) in [6.07, 6.45) is 0.751. The van der Waals surface area contributed by atoms with Crippen LogP contribution in [0.4, 0.5) is 4.79 Å². The smallest absolute Gasteiger partial charge is 0.315 e. The fraction of sp³-hybridized carbons (Fsp3) is 0.467. The van der Waals surface area contributed by atoms with E-state index in [0.717, 1.165) is 12.0 Å². The molecule has 1 aliphatic heterocycles. The number of carboxylic acid groups (broad SMARTS) is 1. The second kappa shape index (κ2) is 7.08. The number of benzene rings is 1. The Morgan fingerprint density at radius 2 is 2.05 bits per heavy atom. The average Bonchev–Trinajstić information content (AvgIpc) is 2.94. The standard InChI is InChI=1S/C15H20N2O4/c1-2-12(10-6-4-3-5-7-10)16-15(20)17-13-9-21-8-11(13)14(18)19/h3-7,11-13H,2,8-9H2,1H3,(H,18,19)(H2,16,17,20). The number of carbonyl (C=O) groups is 2. The first-order chi connectivity index (χ1) is 10.1. The Bertz CT molecular complexity index is 492. The zero-order valence-electron chi connectivity index (χ0n) is 11.9. The van der Waals surface area contributed by atoms with Gasteiger partial charge in [0.15, 0.2) is 0 Å². The summed E-state index contributed by atoms with van der Waals surface area (Å²) in [7, 11) is 0. The summed E-state index contributed by atoms with van der Waals surface area (Å²) in [5.74, 6) is -1.64. The van der Waals surface area contributed by atoms with Gasteiger partial charge in [0.25, 0.3) is 0 Å². The Morgan fingerprint density at radius 1 is 1.33 bits per heavy atom. The molecule has 0 saturated carbocycles. The van der Waals surface area contributed by atoms with Crippen molar-refractivity contribution in [2.75, 3.05) is 13.2 Å². The van der Waals surface area contributed by atoms with Crippen molar-refractivity contribution in [3.8, 4) is 0 Å². The molecule has 0 bridgehead atoms. The molecular weight excluding hydrogens is 272 g/mol. The Hall–Kier alpha value is -2.08. The molecule has 3 unspecified atom stereocenters. The molecule has 1 aliphatic rings. The zero-order valence-corrected chi connectivity index (χ0v) is 11.9. The first-order valence-corrected chi connectivity index (χ1v) is 7.04. The Morgan fingerprint density at radius 3 is 2.67 bits per heavy atom. The van der Waals surface area contributed by atoms with Gasteiger partial charge in [0.2, 0.25) is 0 Å². The van der Waals surface area contributed by atoms with E-state index in [1.54, 1.807) is 0 Å². The maximum absolute atomic E-state index is 12.0. The predicted octanol–water partition coefficient (Wildman–Crippen LogP) is 1.54. The van der Waals surface area contributed by atoms with E-state index in [4.69, 9.17) is 9.84 Å². The minimum Gasteiger partial charge on any atom is -0.481 e. The van der Waals surface area contributed by atoms with Crippen molar-refractivity contribution in [3.05, 3.63) is 35.9 Å². The van der Waals surface area contributed by atoms with E-state index in [1.165, 1.54) is 0 Å². The highest BCUT2D eigenvalue weighted by molar-refractivity contribution is 5.77. The minimum absolute atomic E-state index is 0.100. The maximum Gasteiger partial charge on any atom is 0.315 e. The van der Waals surface area contributed by atoms with Crippen molar-refractivity contribution in [3.63, 3.8) is 0 Å². The highest BCUT2D eigenvalue weighted by Crippen LogP contribution is 2.17. The number of urea groups is 1. The largest absolute Gasteiger partial charge is 0.481 e. The monoisotopic (exact) mass is 292 g/mol.